The third-order valence-corrected chi connectivity index (χ3v) is 4.45. The van der Waals surface area contributed by atoms with Gasteiger partial charge in [0.25, 0.3) is 0 Å². The van der Waals surface area contributed by atoms with Gasteiger partial charge in [0.05, 0.1) is 11.6 Å². The number of nitrogens with one attached hydrogen (secondary N) is 1. The summed E-state index contributed by atoms with van der Waals surface area (Å²) in [5.74, 6) is -1.18. The lowest BCUT2D eigenvalue weighted by Gasteiger charge is -2.30. The minimum Gasteiger partial charge on any atom is -0.459 e. The molecule has 0 aliphatic carbocycles. The van der Waals surface area contributed by atoms with Crippen LogP contribution in [0.15, 0.2) is 5.38 Å². The van der Waals surface area contributed by atoms with E-state index >= 15 is 0 Å². The van der Waals surface area contributed by atoms with Gasteiger partial charge >= 0.3 is 18.2 Å². The summed E-state index contributed by atoms with van der Waals surface area (Å²) >= 11 is 1.20. The van der Waals surface area contributed by atoms with Crippen LogP contribution < -0.4 is 5.32 Å². The largest absolute Gasteiger partial charge is 0.459 e. The number of piperidine rings is 1. The molecule has 150 valence electrons. The highest BCUT2D eigenvalue weighted by atomic mass is 32.1. The number of nitrogens with zero attached hydrogens (tertiary/aromatic N) is 2. The Hall–Kier alpha value is -2.37. The number of rotatable bonds is 5. The molecule has 1 saturated heterocycles. The maximum Gasteiger partial charge on any atom is 0.422 e. The first-order chi connectivity index (χ1) is 12.6. The summed E-state index contributed by atoms with van der Waals surface area (Å²) in [4.78, 5) is 39.8. The molecule has 0 atom stereocenters. The minimum atomic E-state index is -4.58. The van der Waals surface area contributed by atoms with Crippen molar-refractivity contribution < 1.29 is 37.0 Å². The number of hydrogen-bond donors (Lipinski definition) is 1. The molecule has 12 heteroatoms. The van der Waals surface area contributed by atoms with Gasteiger partial charge < -0.3 is 19.7 Å². The van der Waals surface area contributed by atoms with Crippen LogP contribution in [0.1, 0.15) is 25.5 Å². The lowest BCUT2D eigenvalue weighted by Crippen LogP contribution is -2.41. The van der Waals surface area contributed by atoms with Gasteiger partial charge in [-0.25, -0.2) is 9.78 Å². The summed E-state index contributed by atoms with van der Waals surface area (Å²) < 4.78 is 45.5. The molecular formula is C15H18F3N3O5S. The number of likely N-dealkylation sites (tertiary alicyclic amines) is 1. The van der Waals surface area contributed by atoms with Crippen LogP contribution >= 0.6 is 11.3 Å². The number of carbonyl (C=O) groups is 3. The van der Waals surface area contributed by atoms with E-state index in [0.717, 1.165) is 4.90 Å². The van der Waals surface area contributed by atoms with Gasteiger partial charge in [0.1, 0.15) is 6.61 Å². The van der Waals surface area contributed by atoms with Gasteiger partial charge in [-0.2, -0.15) is 13.2 Å². The number of amides is 2. The first kappa shape index (κ1) is 20.9. The Morgan fingerprint density at radius 3 is 2.56 bits per heavy atom. The van der Waals surface area contributed by atoms with Crippen molar-refractivity contribution in [1.82, 2.24) is 9.88 Å². The molecule has 1 fully saturated rings. The topological polar surface area (TPSA) is 97.8 Å². The molecule has 1 aliphatic rings. The Morgan fingerprint density at radius 1 is 1.30 bits per heavy atom. The lowest BCUT2D eigenvalue weighted by atomic mass is 9.97. The Labute approximate surface area is 156 Å². The molecule has 1 aromatic heterocycles. The van der Waals surface area contributed by atoms with Crippen LogP contribution in [0.3, 0.4) is 0 Å². The van der Waals surface area contributed by atoms with E-state index in [0.29, 0.717) is 10.8 Å². The minimum absolute atomic E-state index is 0.0528. The molecule has 1 aromatic rings. The van der Waals surface area contributed by atoms with Gasteiger partial charge in [-0.3, -0.25) is 9.59 Å². The maximum atomic E-state index is 12.1. The van der Waals surface area contributed by atoms with Gasteiger partial charge in [-0.15, -0.1) is 11.3 Å². The molecule has 8 nitrogen and oxygen atoms in total. The van der Waals surface area contributed by atoms with Crippen molar-refractivity contribution >= 4 is 34.4 Å². The molecule has 27 heavy (non-hydrogen) atoms. The summed E-state index contributed by atoms with van der Waals surface area (Å²) in [5, 5.41) is 4.57. The first-order valence-corrected chi connectivity index (χ1v) is 8.89. The summed E-state index contributed by atoms with van der Waals surface area (Å²) in [7, 11) is 0. The number of hydrogen-bond acceptors (Lipinski definition) is 7. The monoisotopic (exact) mass is 409 g/mol. The van der Waals surface area contributed by atoms with Crippen LogP contribution in [0.2, 0.25) is 0 Å². The highest BCUT2D eigenvalue weighted by molar-refractivity contribution is 7.13. The van der Waals surface area contributed by atoms with Crippen molar-refractivity contribution in [3.63, 3.8) is 0 Å². The van der Waals surface area contributed by atoms with E-state index < -0.39 is 30.8 Å². The Morgan fingerprint density at radius 2 is 1.96 bits per heavy atom. The maximum absolute atomic E-state index is 12.1. The van der Waals surface area contributed by atoms with Crippen LogP contribution in [0, 0.1) is 5.92 Å². The Kier molecular flexibility index (Phi) is 6.99. The molecule has 0 spiro atoms. The fourth-order valence-corrected chi connectivity index (χ4v) is 3.12. The first-order valence-electron chi connectivity index (χ1n) is 8.01. The number of aromatic nitrogens is 1. The lowest BCUT2D eigenvalue weighted by molar-refractivity contribution is -0.163. The molecule has 0 radical (unpaired) electrons. The van der Waals surface area contributed by atoms with Crippen LogP contribution in [-0.4, -0.2) is 53.7 Å². The second-order valence-electron chi connectivity index (χ2n) is 5.86. The van der Waals surface area contributed by atoms with Crippen LogP contribution in [-0.2, 0) is 25.7 Å². The molecule has 1 N–H and O–H groups in total. The number of thiazole rings is 1. The van der Waals surface area contributed by atoms with Crippen LogP contribution in [0.25, 0.3) is 0 Å². The van der Waals surface area contributed by atoms with E-state index in [1.807, 2.05) is 0 Å². The highest BCUT2D eigenvalue weighted by Crippen LogP contribution is 2.22. The molecule has 0 unspecified atom stereocenters. The number of esters is 1. The van der Waals surface area contributed by atoms with Gasteiger partial charge in [0, 0.05) is 25.4 Å². The Bertz CT molecular complexity index is 686. The fourth-order valence-electron chi connectivity index (χ4n) is 2.38. The van der Waals surface area contributed by atoms with Crippen LogP contribution in [0.5, 0.6) is 0 Å². The van der Waals surface area contributed by atoms with Gasteiger partial charge in [0.2, 0.25) is 5.91 Å². The van der Waals surface area contributed by atoms with Crippen molar-refractivity contribution in [3.8, 4) is 0 Å². The fraction of sp³-hybridized carbons (Fsp3) is 0.600. The predicted octanol–water partition coefficient (Wildman–Crippen LogP) is 2.56. The van der Waals surface area contributed by atoms with E-state index in [1.54, 1.807) is 5.38 Å². The van der Waals surface area contributed by atoms with Crippen molar-refractivity contribution in [3.05, 3.63) is 11.1 Å². The molecule has 2 heterocycles. The van der Waals surface area contributed by atoms with Gasteiger partial charge in [-0.05, 0) is 12.8 Å². The SMILES string of the molecule is CC(=O)Nc1nc(COC(=O)C2CCN(C(=O)OCC(F)(F)F)CC2)cs1. The van der Waals surface area contributed by atoms with Crippen molar-refractivity contribution in [1.29, 1.82) is 0 Å². The van der Waals surface area contributed by atoms with E-state index in [2.05, 4.69) is 15.0 Å². The number of halogens is 3. The number of carbonyl (C=O) groups excluding carboxylic acids is 3. The molecular weight excluding hydrogens is 391 g/mol. The van der Waals surface area contributed by atoms with E-state index in [9.17, 15) is 27.6 Å². The smallest absolute Gasteiger partial charge is 0.422 e. The molecule has 0 aromatic carbocycles. The molecule has 1 aliphatic heterocycles. The average Bonchev–Trinajstić information content (AvgIpc) is 3.03. The van der Waals surface area contributed by atoms with Gasteiger partial charge in [-0.1, -0.05) is 0 Å². The van der Waals surface area contributed by atoms with Crippen molar-refractivity contribution in [2.75, 3.05) is 25.0 Å². The van der Waals surface area contributed by atoms with E-state index in [-0.39, 0.29) is 38.4 Å². The highest BCUT2D eigenvalue weighted by Gasteiger charge is 2.33. The van der Waals surface area contributed by atoms with Crippen molar-refractivity contribution in [2.45, 2.75) is 32.5 Å². The molecule has 2 amide bonds. The molecule has 0 saturated carbocycles. The molecule has 0 bridgehead atoms. The van der Waals surface area contributed by atoms with Crippen molar-refractivity contribution in [2.24, 2.45) is 5.92 Å². The summed E-state index contributed by atoms with van der Waals surface area (Å²) in [6.07, 6.45) is -5.08. The average molecular weight is 409 g/mol. The summed E-state index contributed by atoms with van der Waals surface area (Å²) in [6.45, 7) is -0.114. The zero-order valence-electron chi connectivity index (χ0n) is 14.4. The third-order valence-electron chi connectivity index (χ3n) is 3.64. The van der Waals surface area contributed by atoms with Crippen LogP contribution in [0.4, 0.5) is 23.1 Å². The summed E-state index contributed by atoms with van der Waals surface area (Å²) in [5.41, 5.74) is 0.491. The quantitative estimate of drug-likeness (QED) is 0.751. The van der Waals surface area contributed by atoms with E-state index in [4.69, 9.17) is 4.74 Å². The van der Waals surface area contributed by atoms with Gasteiger partial charge in [0.15, 0.2) is 11.7 Å². The number of anilines is 1. The summed E-state index contributed by atoms with van der Waals surface area (Å²) in [6, 6.07) is 0. The molecule has 2 rings (SSSR count). The predicted molar refractivity (Wildman–Crippen MR) is 87.9 cm³/mol. The Balaban J connectivity index is 1.72. The second-order valence-corrected chi connectivity index (χ2v) is 6.72. The zero-order valence-corrected chi connectivity index (χ0v) is 15.2. The number of alkyl halides is 3. The zero-order chi connectivity index (χ0) is 20.0. The third kappa shape index (κ3) is 7.04. The normalized spacial score (nSPS) is 15.3. The second kappa shape index (κ2) is 9.02. The van der Waals surface area contributed by atoms with E-state index in [1.165, 1.54) is 18.3 Å². The standard InChI is InChI=1S/C15H18F3N3O5S/c1-9(22)19-13-20-11(7-27-13)6-25-12(23)10-2-4-21(5-3-10)14(24)26-8-15(16,17)18/h7,10H,2-6,8H2,1H3,(H,19,20,22). The number of ether oxygens (including phenoxy) is 2.